The summed E-state index contributed by atoms with van der Waals surface area (Å²) >= 11 is 0. The predicted octanol–water partition coefficient (Wildman–Crippen LogP) is 3.32. The van der Waals surface area contributed by atoms with Crippen molar-refractivity contribution in [3.63, 3.8) is 0 Å². The molecule has 2 aromatic carbocycles. The zero-order chi connectivity index (χ0) is 15.5. The van der Waals surface area contributed by atoms with E-state index in [0.29, 0.717) is 5.89 Å². The molecule has 0 spiro atoms. The van der Waals surface area contributed by atoms with E-state index in [2.05, 4.69) is 10.2 Å². The van der Waals surface area contributed by atoms with Gasteiger partial charge in [0.2, 0.25) is 5.89 Å². The number of nitrogens with zero attached hydrogens (tertiary/aromatic N) is 3. The lowest BCUT2D eigenvalue weighted by Crippen LogP contribution is -2.26. The van der Waals surface area contributed by atoms with E-state index >= 15 is 0 Å². The molecule has 0 N–H and O–H groups in total. The van der Waals surface area contributed by atoms with Crippen molar-refractivity contribution < 1.29 is 9.21 Å². The Morgan fingerprint density at radius 1 is 1.00 bits per heavy atom. The molecule has 1 heterocycles. The summed E-state index contributed by atoms with van der Waals surface area (Å²) in [7, 11) is 1.67. The lowest BCUT2D eigenvalue weighted by Gasteiger charge is -2.14. The summed E-state index contributed by atoms with van der Waals surface area (Å²) in [6.07, 6.45) is 0. The molecule has 5 nitrogen and oxygen atoms in total. The van der Waals surface area contributed by atoms with Crippen molar-refractivity contribution in [2.24, 2.45) is 0 Å². The average Bonchev–Trinajstić information content (AvgIpc) is 3.05. The molecule has 1 aromatic heterocycles. The lowest BCUT2D eigenvalue weighted by molar-refractivity contribution is 0.0960. The molecule has 0 aliphatic heterocycles. The lowest BCUT2D eigenvalue weighted by atomic mass is 10.1. The number of hydrogen-bond acceptors (Lipinski definition) is 4. The first kappa shape index (κ1) is 14.0. The highest BCUT2D eigenvalue weighted by atomic mass is 16.4. The molecule has 0 unspecified atom stereocenters. The molecule has 1 amide bonds. The van der Waals surface area contributed by atoms with Gasteiger partial charge < -0.3 is 9.32 Å². The molecule has 22 heavy (non-hydrogen) atoms. The first-order valence-corrected chi connectivity index (χ1v) is 6.89. The predicted molar refractivity (Wildman–Crippen MR) is 83.6 cm³/mol. The van der Waals surface area contributed by atoms with Gasteiger partial charge in [-0.15, -0.1) is 10.2 Å². The second kappa shape index (κ2) is 5.81. The molecular formula is C17H15N3O2. The van der Waals surface area contributed by atoms with Gasteiger partial charge in [-0.2, -0.15) is 0 Å². The topological polar surface area (TPSA) is 59.2 Å². The summed E-state index contributed by atoms with van der Waals surface area (Å²) in [6, 6.07) is 17.0. The molecule has 0 atom stereocenters. The second-order valence-electron chi connectivity index (χ2n) is 4.98. The van der Waals surface area contributed by atoms with Crippen molar-refractivity contribution >= 4 is 11.6 Å². The van der Waals surface area contributed by atoms with Crippen LogP contribution in [0.3, 0.4) is 0 Å². The van der Waals surface area contributed by atoms with Crippen molar-refractivity contribution in [2.75, 3.05) is 11.9 Å². The smallest absolute Gasteiger partial charge is 0.315 e. The number of carbonyl (C=O) groups is 1. The van der Waals surface area contributed by atoms with E-state index in [1.165, 1.54) is 4.90 Å². The highest BCUT2D eigenvalue weighted by molar-refractivity contribution is 6.02. The Morgan fingerprint density at radius 3 is 2.36 bits per heavy atom. The maximum atomic E-state index is 12.4. The van der Waals surface area contributed by atoms with Crippen LogP contribution >= 0.6 is 0 Å². The van der Waals surface area contributed by atoms with Crippen LogP contribution in [0.1, 0.15) is 16.2 Å². The van der Waals surface area contributed by atoms with E-state index < -0.39 is 0 Å². The summed E-state index contributed by atoms with van der Waals surface area (Å²) in [5, 5.41) is 7.80. The maximum Gasteiger partial charge on any atom is 0.315 e. The van der Waals surface area contributed by atoms with E-state index in [0.717, 1.165) is 16.8 Å². The third kappa shape index (κ3) is 2.74. The largest absolute Gasteiger partial charge is 0.412 e. The fraction of sp³-hybridized carbons (Fsp3) is 0.118. The number of hydrogen-bond donors (Lipinski definition) is 0. The van der Waals surface area contributed by atoms with Crippen LogP contribution in [0.5, 0.6) is 0 Å². The zero-order valence-corrected chi connectivity index (χ0v) is 12.4. The van der Waals surface area contributed by atoms with Crippen LogP contribution in [-0.4, -0.2) is 23.2 Å². The molecule has 110 valence electrons. The van der Waals surface area contributed by atoms with Crippen LogP contribution in [0.4, 0.5) is 5.69 Å². The van der Waals surface area contributed by atoms with Gasteiger partial charge in [-0.1, -0.05) is 35.9 Å². The van der Waals surface area contributed by atoms with Crippen LogP contribution in [0.25, 0.3) is 11.5 Å². The number of rotatable bonds is 3. The van der Waals surface area contributed by atoms with Crippen molar-refractivity contribution in [1.82, 2.24) is 10.2 Å². The SMILES string of the molecule is Cc1ccc(-c2nnc(C(=O)N(C)c3ccccc3)o2)cc1. The number of para-hydroxylation sites is 1. The minimum atomic E-state index is -0.336. The number of amides is 1. The Hall–Kier alpha value is -2.95. The van der Waals surface area contributed by atoms with Crippen LogP contribution in [-0.2, 0) is 0 Å². The Labute approximate surface area is 128 Å². The van der Waals surface area contributed by atoms with Crippen LogP contribution in [0, 0.1) is 6.92 Å². The van der Waals surface area contributed by atoms with Gasteiger partial charge in [0.1, 0.15) is 0 Å². The summed E-state index contributed by atoms with van der Waals surface area (Å²) in [4.78, 5) is 13.9. The van der Waals surface area contributed by atoms with Crippen molar-refractivity contribution in [3.8, 4) is 11.5 Å². The summed E-state index contributed by atoms with van der Waals surface area (Å²) < 4.78 is 5.50. The second-order valence-corrected chi connectivity index (χ2v) is 4.98. The van der Waals surface area contributed by atoms with E-state index in [9.17, 15) is 4.79 Å². The highest BCUT2D eigenvalue weighted by Crippen LogP contribution is 2.20. The van der Waals surface area contributed by atoms with Gasteiger partial charge in [0.05, 0.1) is 0 Å². The summed E-state index contributed by atoms with van der Waals surface area (Å²) in [5.74, 6) is -0.0243. The fourth-order valence-electron chi connectivity index (χ4n) is 2.03. The van der Waals surface area contributed by atoms with Crippen molar-refractivity contribution in [3.05, 3.63) is 66.1 Å². The van der Waals surface area contributed by atoms with E-state index in [4.69, 9.17) is 4.42 Å². The Bertz CT molecular complexity index is 779. The number of anilines is 1. The van der Waals surface area contributed by atoms with Crippen LogP contribution in [0.2, 0.25) is 0 Å². The van der Waals surface area contributed by atoms with E-state index in [1.807, 2.05) is 61.5 Å². The first-order valence-electron chi connectivity index (χ1n) is 6.89. The fourth-order valence-corrected chi connectivity index (χ4v) is 2.03. The Kier molecular flexibility index (Phi) is 3.70. The van der Waals surface area contributed by atoms with Gasteiger partial charge >= 0.3 is 11.8 Å². The Morgan fingerprint density at radius 2 is 1.68 bits per heavy atom. The molecule has 5 heteroatoms. The summed E-state index contributed by atoms with van der Waals surface area (Å²) in [6.45, 7) is 2.00. The van der Waals surface area contributed by atoms with Gasteiger partial charge in [0.25, 0.3) is 0 Å². The molecule has 0 aliphatic carbocycles. The highest BCUT2D eigenvalue weighted by Gasteiger charge is 2.20. The molecule has 0 saturated heterocycles. The van der Waals surface area contributed by atoms with Gasteiger partial charge in [0, 0.05) is 18.3 Å². The molecule has 3 rings (SSSR count). The molecule has 0 saturated carbocycles. The van der Waals surface area contributed by atoms with Gasteiger partial charge in [-0.05, 0) is 31.2 Å². The van der Waals surface area contributed by atoms with E-state index in [1.54, 1.807) is 7.05 Å². The minimum absolute atomic E-state index is 0.0260. The standard InChI is InChI=1S/C17H15N3O2/c1-12-8-10-13(11-9-12)15-18-19-16(22-15)17(21)20(2)14-6-4-3-5-7-14/h3-11H,1-2H3. The summed E-state index contributed by atoms with van der Waals surface area (Å²) in [5.41, 5.74) is 2.70. The minimum Gasteiger partial charge on any atom is -0.412 e. The maximum absolute atomic E-state index is 12.4. The number of aromatic nitrogens is 2. The molecule has 0 radical (unpaired) electrons. The molecular weight excluding hydrogens is 278 g/mol. The van der Waals surface area contributed by atoms with Crippen LogP contribution < -0.4 is 4.90 Å². The third-order valence-electron chi connectivity index (χ3n) is 3.35. The monoisotopic (exact) mass is 293 g/mol. The van der Waals surface area contributed by atoms with Gasteiger partial charge in [-0.3, -0.25) is 4.79 Å². The van der Waals surface area contributed by atoms with Gasteiger partial charge in [0.15, 0.2) is 0 Å². The third-order valence-corrected chi connectivity index (χ3v) is 3.35. The Balaban J connectivity index is 1.84. The quantitative estimate of drug-likeness (QED) is 0.743. The zero-order valence-electron chi connectivity index (χ0n) is 12.4. The molecule has 0 fully saturated rings. The number of carbonyl (C=O) groups excluding carboxylic acids is 1. The molecule has 3 aromatic rings. The number of benzene rings is 2. The number of aryl methyl sites for hydroxylation is 1. The molecule has 0 aliphatic rings. The van der Waals surface area contributed by atoms with Crippen LogP contribution in [0.15, 0.2) is 59.0 Å². The average molecular weight is 293 g/mol. The van der Waals surface area contributed by atoms with Crippen molar-refractivity contribution in [1.29, 1.82) is 0 Å². The van der Waals surface area contributed by atoms with E-state index in [-0.39, 0.29) is 11.8 Å². The van der Waals surface area contributed by atoms with Gasteiger partial charge in [-0.25, -0.2) is 0 Å². The first-order chi connectivity index (χ1) is 10.6. The van der Waals surface area contributed by atoms with Crippen molar-refractivity contribution in [2.45, 2.75) is 6.92 Å². The molecule has 0 bridgehead atoms. The normalized spacial score (nSPS) is 10.5.